The summed E-state index contributed by atoms with van der Waals surface area (Å²) in [6.45, 7) is 8.65. The van der Waals surface area contributed by atoms with Gasteiger partial charge in [-0.25, -0.2) is 4.98 Å². The number of hydrogen-bond acceptors (Lipinski definition) is 3. The van der Waals surface area contributed by atoms with Gasteiger partial charge in [0.05, 0.1) is 5.69 Å². The maximum absolute atomic E-state index is 12.9. The molecule has 1 aromatic carbocycles. The fourth-order valence-corrected chi connectivity index (χ4v) is 3.21. The zero-order valence-corrected chi connectivity index (χ0v) is 15.3. The summed E-state index contributed by atoms with van der Waals surface area (Å²) in [7, 11) is 0. The highest BCUT2D eigenvalue weighted by atomic mass is 16.2. The number of rotatable bonds is 5. The first-order chi connectivity index (χ1) is 12.5. The van der Waals surface area contributed by atoms with Gasteiger partial charge < -0.3 is 15.2 Å². The molecule has 2 aromatic rings. The van der Waals surface area contributed by atoms with Crippen LogP contribution in [-0.4, -0.2) is 27.9 Å². The fraction of sp³-hybridized carbons (Fsp3) is 0.350. The summed E-state index contributed by atoms with van der Waals surface area (Å²) in [6, 6.07) is 5.79. The van der Waals surface area contributed by atoms with E-state index in [9.17, 15) is 9.59 Å². The predicted molar refractivity (Wildman–Crippen MR) is 102 cm³/mol. The molecule has 1 aliphatic heterocycles. The summed E-state index contributed by atoms with van der Waals surface area (Å²) in [5.74, 6) is -0.251. The second-order valence-corrected chi connectivity index (χ2v) is 6.54. The highest BCUT2D eigenvalue weighted by molar-refractivity contribution is 6.05. The highest BCUT2D eigenvalue weighted by Crippen LogP contribution is 2.23. The van der Waals surface area contributed by atoms with Gasteiger partial charge in [-0.1, -0.05) is 18.2 Å². The molecule has 3 rings (SSSR count). The molecule has 0 aliphatic carbocycles. The maximum atomic E-state index is 12.9. The molecule has 0 unspecified atom stereocenters. The summed E-state index contributed by atoms with van der Waals surface area (Å²) < 4.78 is 1.87. The Labute approximate surface area is 153 Å². The third-order valence-electron chi connectivity index (χ3n) is 4.80. The maximum Gasteiger partial charge on any atom is 0.287 e. The Morgan fingerprint density at radius 3 is 2.85 bits per heavy atom. The lowest BCUT2D eigenvalue weighted by atomic mass is 10.1. The van der Waals surface area contributed by atoms with Gasteiger partial charge in [-0.15, -0.1) is 6.58 Å². The molecule has 2 heterocycles. The van der Waals surface area contributed by atoms with E-state index >= 15 is 0 Å². The Morgan fingerprint density at radius 2 is 2.08 bits per heavy atom. The van der Waals surface area contributed by atoms with Crippen LogP contribution in [0.5, 0.6) is 0 Å². The third kappa shape index (κ3) is 3.40. The van der Waals surface area contributed by atoms with Crippen LogP contribution < -0.4 is 10.6 Å². The van der Waals surface area contributed by atoms with Gasteiger partial charge in [0.2, 0.25) is 0 Å². The van der Waals surface area contributed by atoms with Crippen LogP contribution in [0.3, 0.4) is 0 Å². The van der Waals surface area contributed by atoms with Crippen molar-refractivity contribution in [2.45, 2.75) is 39.7 Å². The molecule has 1 aliphatic rings. The van der Waals surface area contributed by atoms with Crippen molar-refractivity contribution in [3.05, 3.63) is 59.2 Å². The molecule has 2 N–H and O–H groups in total. The van der Waals surface area contributed by atoms with Gasteiger partial charge in [0.15, 0.2) is 11.5 Å². The van der Waals surface area contributed by atoms with Crippen LogP contribution in [0.4, 0.5) is 5.69 Å². The molecule has 0 fully saturated rings. The summed E-state index contributed by atoms with van der Waals surface area (Å²) in [4.78, 5) is 29.7. The van der Waals surface area contributed by atoms with E-state index in [4.69, 9.17) is 0 Å². The average Bonchev–Trinajstić information content (AvgIpc) is 3.03. The second kappa shape index (κ2) is 7.56. The average molecular weight is 352 g/mol. The predicted octanol–water partition coefficient (Wildman–Crippen LogP) is 3.00. The van der Waals surface area contributed by atoms with Crippen LogP contribution in [0.2, 0.25) is 0 Å². The topological polar surface area (TPSA) is 76.0 Å². The number of aryl methyl sites for hydroxylation is 1. The van der Waals surface area contributed by atoms with Gasteiger partial charge in [0.25, 0.3) is 11.8 Å². The number of anilines is 1. The Morgan fingerprint density at radius 1 is 1.27 bits per heavy atom. The van der Waals surface area contributed by atoms with E-state index in [1.54, 1.807) is 6.08 Å². The van der Waals surface area contributed by atoms with Crippen LogP contribution in [0.1, 0.15) is 50.8 Å². The lowest BCUT2D eigenvalue weighted by Gasteiger charge is -2.17. The van der Waals surface area contributed by atoms with Crippen LogP contribution in [0.25, 0.3) is 0 Å². The molecule has 1 aromatic heterocycles. The zero-order chi connectivity index (χ0) is 18.7. The van der Waals surface area contributed by atoms with E-state index in [0.717, 1.165) is 41.8 Å². The summed E-state index contributed by atoms with van der Waals surface area (Å²) in [5.41, 5.74) is 4.08. The molecule has 6 nitrogen and oxygen atoms in total. The van der Waals surface area contributed by atoms with E-state index in [-0.39, 0.29) is 11.8 Å². The Kier molecular flexibility index (Phi) is 5.21. The molecule has 0 atom stereocenters. The molecule has 0 saturated heterocycles. The molecular formula is C20H24N4O2. The second-order valence-electron chi connectivity index (χ2n) is 6.54. The first-order valence-electron chi connectivity index (χ1n) is 8.89. The van der Waals surface area contributed by atoms with Crippen LogP contribution in [-0.2, 0) is 13.0 Å². The first kappa shape index (κ1) is 17.9. The van der Waals surface area contributed by atoms with Crippen LogP contribution in [0, 0.1) is 13.8 Å². The van der Waals surface area contributed by atoms with Crippen LogP contribution in [0.15, 0.2) is 30.9 Å². The number of carbonyl (C=O) groups excluding carboxylic acids is 2. The standard InChI is InChI=1S/C20H24N4O2/c1-4-11-21-20(26)18-23-17(16-10-5-6-12-24(16)18)19(25)22-15-9-7-8-13(2)14(15)3/h4,7-9H,1,5-6,10-12H2,2-3H3,(H,21,26)(H,22,25). The smallest absolute Gasteiger partial charge is 0.287 e. The summed E-state index contributed by atoms with van der Waals surface area (Å²) >= 11 is 0. The molecule has 26 heavy (non-hydrogen) atoms. The van der Waals surface area contributed by atoms with Crippen molar-refractivity contribution < 1.29 is 9.59 Å². The number of hydrogen-bond donors (Lipinski definition) is 2. The van der Waals surface area contributed by atoms with Gasteiger partial charge in [-0.3, -0.25) is 9.59 Å². The number of amides is 2. The van der Waals surface area contributed by atoms with Gasteiger partial charge in [0.1, 0.15) is 0 Å². The van der Waals surface area contributed by atoms with Gasteiger partial charge in [-0.2, -0.15) is 0 Å². The van der Waals surface area contributed by atoms with Crippen molar-refractivity contribution >= 4 is 17.5 Å². The van der Waals surface area contributed by atoms with E-state index in [1.165, 1.54) is 0 Å². The monoisotopic (exact) mass is 352 g/mol. The molecule has 0 radical (unpaired) electrons. The number of aromatic nitrogens is 2. The van der Waals surface area contributed by atoms with E-state index in [2.05, 4.69) is 22.2 Å². The number of fused-ring (bicyclic) bond motifs is 1. The fourth-order valence-electron chi connectivity index (χ4n) is 3.21. The quantitative estimate of drug-likeness (QED) is 0.812. The molecule has 0 spiro atoms. The number of imidazole rings is 1. The highest BCUT2D eigenvalue weighted by Gasteiger charge is 2.27. The Bertz CT molecular complexity index is 867. The number of nitrogens with zero attached hydrogens (tertiary/aromatic N) is 2. The van der Waals surface area contributed by atoms with E-state index in [1.807, 2.05) is 36.6 Å². The van der Waals surface area contributed by atoms with Crippen molar-refractivity contribution in [1.82, 2.24) is 14.9 Å². The zero-order valence-electron chi connectivity index (χ0n) is 15.3. The van der Waals surface area contributed by atoms with Crippen molar-refractivity contribution in [1.29, 1.82) is 0 Å². The molecule has 0 saturated carbocycles. The van der Waals surface area contributed by atoms with E-state index in [0.29, 0.717) is 24.6 Å². The Hall–Kier alpha value is -2.89. The number of benzene rings is 1. The molecule has 136 valence electrons. The van der Waals surface area contributed by atoms with Crippen molar-refractivity contribution in [3.63, 3.8) is 0 Å². The number of nitrogens with one attached hydrogen (secondary N) is 2. The minimum atomic E-state index is -0.279. The van der Waals surface area contributed by atoms with Crippen molar-refractivity contribution in [3.8, 4) is 0 Å². The van der Waals surface area contributed by atoms with Crippen molar-refractivity contribution in [2.75, 3.05) is 11.9 Å². The molecular weight excluding hydrogens is 328 g/mol. The SMILES string of the molecule is C=CCNC(=O)c1nc(C(=O)Nc2cccc(C)c2C)c2n1CCCC2. The lowest BCUT2D eigenvalue weighted by Crippen LogP contribution is -2.28. The molecule has 6 heteroatoms. The summed E-state index contributed by atoms with van der Waals surface area (Å²) in [6.07, 6.45) is 4.33. The first-order valence-corrected chi connectivity index (χ1v) is 8.89. The lowest BCUT2D eigenvalue weighted by molar-refractivity contribution is 0.0942. The molecule has 2 amide bonds. The molecule has 0 bridgehead atoms. The third-order valence-corrected chi connectivity index (χ3v) is 4.80. The van der Waals surface area contributed by atoms with Crippen LogP contribution >= 0.6 is 0 Å². The van der Waals surface area contributed by atoms with Gasteiger partial charge in [-0.05, 0) is 50.3 Å². The minimum absolute atomic E-state index is 0.271. The minimum Gasteiger partial charge on any atom is -0.346 e. The van der Waals surface area contributed by atoms with E-state index < -0.39 is 0 Å². The summed E-state index contributed by atoms with van der Waals surface area (Å²) in [5, 5.41) is 5.70. The van der Waals surface area contributed by atoms with Crippen molar-refractivity contribution in [2.24, 2.45) is 0 Å². The van der Waals surface area contributed by atoms with Gasteiger partial charge in [0, 0.05) is 18.8 Å². The number of carbonyl (C=O) groups is 2. The largest absolute Gasteiger partial charge is 0.346 e. The normalized spacial score (nSPS) is 13.0. The Balaban J connectivity index is 1.92. The van der Waals surface area contributed by atoms with Gasteiger partial charge >= 0.3 is 0 Å².